The lowest BCUT2D eigenvalue weighted by molar-refractivity contribution is -0.140. The van der Waals surface area contributed by atoms with Crippen molar-refractivity contribution in [3.63, 3.8) is 0 Å². The Labute approximate surface area is 114 Å². The van der Waals surface area contributed by atoms with Crippen LogP contribution >= 0.6 is 0 Å². The second-order valence-electron chi connectivity index (χ2n) is 4.84. The van der Waals surface area contributed by atoms with E-state index in [0.717, 1.165) is 4.90 Å². The highest BCUT2D eigenvalue weighted by atomic mass is 16.4. The molecule has 0 aromatic rings. The highest BCUT2D eigenvalue weighted by molar-refractivity contribution is 6.03. The largest absolute Gasteiger partial charge is 0.481 e. The van der Waals surface area contributed by atoms with Crippen molar-refractivity contribution in [2.24, 2.45) is 5.92 Å². The lowest BCUT2D eigenvalue weighted by Gasteiger charge is -2.32. The number of nitrogens with one attached hydrogen (secondary N) is 2. The van der Waals surface area contributed by atoms with Crippen molar-refractivity contribution >= 4 is 23.8 Å². The van der Waals surface area contributed by atoms with E-state index in [0.29, 0.717) is 0 Å². The minimum Gasteiger partial charge on any atom is -0.481 e. The number of carboxylic acids is 1. The van der Waals surface area contributed by atoms with Crippen molar-refractivity contribution < 1.29 is 24.3 Å². The summed E-state index contributed by atoms with van der Waals surface area (Å²) in [5, 5.41) is 13.6. The van der Waals surface area contributed by atoms with Gasteiger partial charge in [0.2, 0.25) is 11.8 Å². The standard InChI is InChI=1S/C12H15N3O5/c1-6-10(17)14-9(16)5-15(6)12(20)13-8-3-2-7(4-8)11(18)19/h2-3,6-8H,4-5H2,1H3,(H,13,20)(H,18,19)(H,14,16,17). The maximum absolute atomic E-state index is 12.0. The Bertz CT molecular complexity index is 501. The van der Waals surface area contributed by atoms with E-state index in [4.69, 9.17) is 5.11 Å². The summed E-state index contributed by atoms with van der Waals surface area (Å²) < 4.78 is 0. The van der Waals surface area contributed by atoms with Crippen LogP contribution in [0.1, 0.15) is 13.3 Å². The molecule has 0 aromatic carbocycles. The predicted octanol–water partition coefficient (Wildman–Crippen LogP) is -0.928. The number of aliphatic carboxylic acids is 1. The number of imide groups is 1. The molecule has 1 saturated heterocycles. The van der Waals surface area contributed by atoms with E-state index >= 15 is 0 Å². The van der Waals surface area contributed by atoms with Crippen LogP contribution in [0, 0.1) is 5.92 Å². The number of nitrogens with zero attached hydrogens (tertiary/aromatic N) is 1. The SMILES string of the molecule is CC1C(=O)NC(=O)CN1C(=O)NC1C=CC(C(=O)O)C1. The first-order valence-electron chi connectivity index (χ1n) is 6.20. The first-order valence-corrected chi connectivity index (χ1v) is 6.20. The summed E-state index contributed by atoms with van der Waals surface area (Å²) in [5.74, 6) is -2.63. The Morgan fingerprint density at radius 3 is 2.70 bits per heavy atom. The third-order valence-electron chi connectivity index (χ3n) is 3.39. The Hall–Kier alpha value is -2.38. The molecule has 0 aromatic heterocycles. The van der Waals surface area contributed by atoms with Crippen LogP contribution in [0.15, 0.2) is 12.2 Å². The van der Waals surface area contributed by atoms with Crippen LogP contribution < -0.4 is 10.6 Å². The normalized spacial score (nSPS) is 29.2. The molecule has 1 aliphatic carbocycles. The number of piperazine rings is 1. The maximum Gasteiger partial charge on any atom is 0.319 e. The average molecular weight is 281 g/mol. The second kappa shape index (κ2) is 5.32. The topological polar surface area (TPSA) is 116 Å². The molecule has 108 valence electrons. The molecule has 2 rings (SSSR count). The van der Waals surface area contributed by atoms with Crippen molar-refractivity contribution in [2.75, 3.05) is 6.54 Å². The fourth-order valence-corrected chi connectivity index (χ4v) is 2.19. The molecule has 8 nitrogen and oxygen atoms in total. The Morgan fingerprint density at radius 1 is 1.40 bits per heavy atom. The molecule has 2 aliphatic rings. The zero-order valence-electron chi connectivity index (χ0n) is 10.8. The summed E-state index contributed by atoms with van der Waals surface area (Å²) in [5.41, 5.74) is 0. The van der Waals surface area contributed by atoms with Gasteiger partial charge in [-0.2, -0.15) is 0 Å². The van der Waals surface area contributed by atoms with E-state index in [2.05, 4.69) is 10.6 Å². The zero-order chi connectivity index (χ0) is 14.9. The van der Waals surface area contributed by atoms with E-state index in [9.17, 15) is 19.2 Å². The molecule has 1 aliphatic heterocycles. The third-order valence-corrected chi connectivity index (χ3v) is 3.39. The summed E-state index contributed by atoms with van der Waals surface area (Å²) in [6, 6.07) is -1.70. The molecule has 0 radical (unpaired) electrons. The Balaban J connectivity index is 1.95. The highest BCUT2D eigenvalue weighted by Crippen LogP contribution is 2.18. The summed E-state index contributed by atoms with van der Waals surface area (Å²) in [6.45, 7) is 1.32. The molecule has 0 spiro atoms. The van der Waals surface area contributed by atoms with Crippen LogP contribution in [0.25, 0.3) is 0 Å². The van der Waals surface area contributed by atoms with Gasteiger partial charge in [0.25, 0.3) is 0 Å². The van der Waals surface area contributed by atoms with Crippen molar-refractivity contribution in [2.45, 2.75) is 25.4 Å². The summed E-state index contributed by atoms with van der Waals surface area (Å²) >= 11 is 0. The van der Waals surface area contributed by atoms with Gasteiger partial charge in [-0.1, -0.05) is 12.2 Å². The van der Waals surface area contributed by atoms with Crippen LogP contribution in [0.2, 0.25) is 0 Å². The van der Waals surface area contributed by atoms with Gasteiger partial charge in [0, 0.05) is 0 Å². The number of amides is 4. The smallest absolute Gasteiger partial charge is 0.319 e. The van der Waals surface area contributed by atoms with E-state index in [1.54, 1.807) is 6.08 Å². The molecule has 3 atom stereocenters. The van der Waals surface area contributed by atoms with Crippen LogP contribution in [0.4, 0.5) is 4.79 Å². The first-order chi connectivity index (χ1) is 9.38. The molecular weight excluding hydrogens is 266 g/mol. The van der Waals surface area contributed by atoms with Gasteiger partial charge in [-0.15, -0.1) is 0 Å². The van der Waals surface area contributed by atoms with Gasteiger partial charge in [-0.25, -0.2) is 4.79 Å². The molecule has 1 heterocycles. The van der Waals surface area contributed by atoms with Crippen molar-refractivity contribution in [1.82, 2.24) is 15.5 Å². The second-order valence-corrected chi connectivity index (χ2v) is 4.84. The molecule has 4 amide bonds. The van der Waals surface area contributed by atoms with Crippen molar-refractivity contribution in [1.29, 1.82) is 0 Å². The number of hydrogen-bond donors (Lipinski definition) is 3. The maximum atomic E-state index is 12.0. The average Bonchev–Trinajstić information content (AvgIpc) is 2.82. The summed E-state index contributed by atoms with van der Waals surface area (Å²) in [4.78, 5) is 46.7. The van der Waals surface area contributed by atoms with E-state index in [-0.39, 0.29) is 13.0 Å². The Morgan fingerprint density at radius 2 is 2.10 bits per heavy atom. The number of carbonyl (C=O) groups is 4. The monoisotopic (exact) mass is 281 g/mol. The lowest BCUT2D eigenvalue weighted by atomic mass is 10.1. The molecule has 0 saturated carbocycles. The summed E-state index contributed by atoms with van der Waals surface area (Å²) in [7, 11) is 0. The quantitative estimate of drug-likeness (QED) is 0.447. The molecule has 1 fully saturated rings. The highest BCUT2D eigenvalue weighted by Gasteiger charge is 2.35. The summed E-state index contributed by atoms with van der Waals surface area (Å²) in [6.07, 6.45) is 3.39. The van der Waals surface area contributed by atoms with Crippen molar-refractivity contribution in [3.05, 3.63) is 12.2 Å². The molecule has 8 heteroatoms. The molecular formula is C12H15N3O5. The molecule has 3 unspecified atom stereocenters. The fourth-order valence-electron chi connectivity index (χ4n) is 2.19. The molecule has 0 bridgehead atoms. The minimum absolute atomic E-state index is 0.197. The van der Waals surface area contributed by atoms with Crippen LogP contribution in [0.5, 0.6) is 0 Å². The molecule has 3 N–H and O–H groups in total. The number of carboxylic acid groups (broad SMARTS) is 1. The van der Waals surface area contributed by atoms with Gasteiger partial charge in [0.15, 0.2) is 0 Å². The molecule has 20 heavy (non-hydrogen) atoms. The van der Waals surface area contributed by atoms with Crippen LogP contribution in [-0.4, -0.2) is 52.4 Å². The fraction of sp³-hybridized carbons (Fsp3) is 0.500. The number of carbonyl (C=O) groups excluding carboxylic acids is 3. The number of urea groups is 1. The van der Waals surface area contributed by atoms with Gasteiger partial charge in [-0.05, 0) is 13.3 Å². The van der Waals surface area contributed by atoms with Crippen LogP contribution in [0.3, 0.4) is 0 Å². The zero-order valence-corrected chi connectivity index (χ0v) is 10.8. The van der Waals surface area contributed by atoms with Gasteiger partial charge in [-0.3, -0.25) is 19.7 Å². The van der Waals surface area contributed by atoms with Gasteiger partial charge >= 0.3 is 12.0 Å². The van der Waals surface area contributed by atoms with Gasteiger partial charge in [0.1, 0.15) is 12.6 Å². The first kappa shape index (κ1) is 14.0. The van der Waals surface area contributed by atoms with Crippen molar-refractivity contribution in [3.8, 4) is 0 Å². The minimum atomic E-state index is -0.945. The number of hydrogen-bond acceptors (Lipinski definition) is 4. The van der Waals surface area contributed by atoms with Gasteiger partial charge in [0.05, 0.1) is 12.0 Å². The number of rotatable bonds is 2. The lowest BCUT2D eigenvalue weighted by Crippen LogP contribution is -2.61. The van der Waals surface area contributed by atoms with E-state index in [1.165, 1.54) is 13.0 Å². The van der Waals surface area contributed by atoms with Crippen LogP contribution in [-0.2, 0) is 14.4 Å². The Kier molecular flexibility index (Phi) is 3.73. The van der Waals surface area contributed by atoms with E-state index < -0.39 is 41.8 Å². The third kappa shape index (κ3) is 2.79. The predicted molar refractivity (Wildman–Crippen MR) is 66.5 cm³/mol. The van der Waals surface area contributed by atoms with E-state index in [1.807, 2.05) is 0 Å². The van der Waals surface area contributed by atoms with Gasteiger partial charge < -0.3 is 15.3 Å².